The number of rotatable bonds is 15. The van der Waals surface area contributed by atoms with Gasteiger partial charge in [0.25, 0.3) is 0 Å². The van der Waals surface area contributed by atoms with E-state index >= 15 is 0 Å². The summed E-state index contributed by atoms with van der Waals surface area (Å²) in [6, 6.07) is 15.1. The van der Waals surface area contributed by atoms with E-state index in [2.05, 4.69) is 15.6 Å². The third kappa shape index (κ3) is 8.48. The average Bonchev–Trinajstić information content (AvgIpc) is 3.21. The van der Waals surface area contributed by atoms with E-state index in [0.717, 1.165) is 59.2 Å². The van der Waals surface area contributed by atoms with Crippen LogP contribution in [0.1, 0.15) is 62.3 Å². The minimum Gasteiger partial charge on any atom is -0.497 e. The van der Waals surface area contributed by atoms with Gasteiger partial charge in [0.05, 0.1) is 13.5 Å². The molecule has 7 nitrogen and oxygen atoms in total. The third-order valence-electron chi connectivity index (χ3n) is 6.71. The summed E-state index contributed by atoms with van der Waals surface area (Å²) >= 11 is 0. The fourth-order valence-corrected chi connectivity index (χ4v) is 4.51. The smallest absolute Gasteiger partial charge is 0.242 e. The van der Waals surface area contributed by atoms with Gasteiger partial charge in [0.2, 0.25) is 11.8 Å². The molecule has 0 bridgehead atoms. The largest absolute Gasteiger partial charge is 0.497 e. The summed E-state index contributed by atoms with van der Waals surface area (Å²) in [6.07, 6.45) is 4.96. The van der Waals surface area contributed by atoms with Gasteiger partial charge in [-0.25, -0.2) is 0 Å². The van der Waals surface area contributed by atoms with Crippen molar-refractivity contribution >= 4 is 28.5 Å². The lowest BCUT2D eigenvalue weighted by molar-refractivity contribution is -0.128. The molecule has 0 fully saturated rings. The molecule has 2 aromatic carbocycles. The summed E-state index contributed by atoms with van der Waals surface area (Å²) in [5, 5.41) is 6.90. The number of methoxy groups -OCH3 is 1. The molecule has 0 aliphatic rings. The topological polar surface area (TPSA) is 100 Å². The number of aromatic nitrogens is 1. The van der Waals surface area contributed by atoms with Crippen LogP contribution in [0.15, 0.2) is 48.5 Å². The number of aryl methyl sites for hydroxylation is 1. The van der Waals surface area contributed by atoms with E-state index < -0.39 is 6.04 Å². The van der Waals surface area contributed by atoms with E-state index in [1.807, 2.05) is 62.4 Å². The number of aromatic amines is 1. The summed E-state index contributed by atoms with van der Waals surface area (Å²) in [5.41, 5.74) is 3.91. The second kappa shape index (κ2) is 14.2. The maximum Gasteiger partial charge on any atom is 0.242 e. The van der Waals surface area contributed by atoms with Crippen LogP contribution in [0.2, 0.25) is 0 Å². The predicted octanol–water partition coefficient (Wildman–Crippen LogP) is 4.80. The van der Waals surface area contributed by atoms with Gasteiger partial charge in [0.1, 0.15) is 17.6 Å². The maximum absolute atomic E-state index is 13.1. The second-order valence-electron chi connectivity index (χ2n) is 9.46. The first-order valence-electron chi connectivity index (χ1n) is 13.2. The van der Waals surface area contributed by atoms with Crippen LogP contribution >= 0.6 is 0 Å². The molecule has 0 aliphatic heterocycles. The molecule has 2 amide bonds. The van der Waals surface area contributed by atoms with Crippen molar-refractivity contribution in [3.8, 4) is 5.75 Å². The lowest BCUT2D eigenvalue weighted by Crippen LogP contribution is -2.47. The summed E-state index contributed by atoms with van der Waals surface area (Å²) in [4.78, 5) is 41.1. The standard InChI is InChI=1S/C30H39N3O4/c1-4-23(34)13-9-6-10-14-28(30(36)31-18-17-22-11-7-5-8-12-22)33-29(35)20-25-21(2)32-27-16-15-24(37-3)19-26(25)27/h5,7-8,11-12,15-16,19,28,32H,4,6,9-10,13-14,17-18,20H2,1-3H3,(H,31,36)(H,33,35)/t28-/m0/s1. The minimum absolute atomic E-state index is 0.164. The van der Waals surface area contributed by atoms with Crippen LogP contribution < -0.4 is 15.4 Å². The van der Waals surface area contributed by atoms with Crippen molar-refractivity contribution in [2.45, 2.75) is 71.3 Å². The highest BCUT2D eigenvalue weighted by Gasteiger charge is 2.22. The number of ether oxygens (including phenoxy) is 1. The highest BCUT2D eigenvalue weighted by Crippen LogP contribution is 2.26. The van der Waals surface area contributed by atoms with Gasteiger partial charge in [-0.1, -0.05) is 50.1 Å². The third-order valence-corrected chi connectivity index (χ3v) is 6.71. The number of amides is 2. The summed E-state index contributed by atoms with van der Waals surface area (Å²) in [6.45, 7) is 4.32. The van der Waals surface area contributed by atoms with Gasteiger partial charge < -0.3 is 20.4 Å². The minimum atomic E-state index is -0.620. The first kappa shape index (κ1) is 28.0. The second-order valence-corrected chi connectivity index (χ2v) is 9.46. The Morgan fingerprint density at radius 2 is 1.81 bits per heavy atom. The zero-order chi connectivity index (χ0) is 26.6. The molecule has 1 aromatic heterocycles. The Hall–Kier alpha value is -3.61. The molecule has 198 valence electrons. The van der Waals surface area contributed by atoms with E-state index in [-0.39, 0.29) is 24.0 Å². The maximum atomic E-state index is 13.1. The molecule has 0 unspecified atom stereocenters. The van der Waals surface area contributed by atoms with Gasteiger partial charge in [-0.15, -0.1) is 0 Å². The Bertz CT molecular complexity index is 1190. The average molecular weight is 506 g/mol. The molecule has 0 aliphatic carbocycles. The van der Waals surface area contributed by atoms with Crippen LogP contribution in [0.25, 0.3) is 10.9 Å². The fraction of sp³-hybridized carbons (Fsp3) is 0.433. The fourth-order valence-electron chi connectivity index (χ4n) is 4.51. The number of nitrogens with one attached hydrogen (secondary N) is 3. The lowest BCUT2D eigenvalue weighted by atomic mass is 10.0. The van der Waals surface area contributed by atoms with Crippen LogP contribution in [-0.2, 0) is 27.2 Å². The predicted molar refractivity (Wildman–Crippen MR) is 147 cm³/mol. The molecular formula is C30H39N3O4. The number of fused-ring (bicyclic) bond motifs is 1. The quantitative estimate of drug-likeness (QED) is 0.258. The van der Waals surface area contributed by atoms with Gasteiger partial charge in [-0.05, 0) is 55.5 Å². The number of H-pyrrole nitrogens is 1. The molecule has 0 radical (unpaired) electrons. The lowest BCUT2D eigenvalue weighted by Gasteiger charge is -2.19. The van der Waals surface area contributed by atoms with Crippen molar-refractivity contribution in [2.24, 2.45) is 0 Å². The summed E-state index contributed by atoms with van der Waals surface area (Å²) < 4.78 is 5.35. The van der Waals surface area contributed by atoms with E-state index in [4.69, 9.17) is 4.74 Å². The van der Waals surface area contributed by atoms with E-state index in [1.54, 1.807) is 7.11 Å². The Balaban J connectivity index is 1.62. The van der Waals surface area contributed by atoms with Gasteiger partial charge in [-0.3, -0.25) is 14.4 Å². The molecule has 37 heavy (non-hydrogen) atoms. The number of Topliss-reactive ketones (excluding diaryl/α,β-unsaturated/α-hetero) is 1. The van der Waals surface area contributed by atoms with Crippen LogP contribution in [0, 0.1) is 6.92 Å². The highest BCUT2D eigenvalue weighted by atomic mass is 16.5. The normalized spacial score (nSPS) is 11.8. The number of carbonyl (C=O) groups excluding carboxylic acids is 3. The molecule has 0 saturated heterocycles. The molecular weight excluding hydrogens is 466 g/mol. The Labute approximate surface area is 219 Å². The van der Waals surface area contributed by atoms with Crippen molar-refractivity contribution < 1.29 is 19.1 Å². The van der Waals surface area contributed by atoms with Crippen molar-refractivity contribution in [1.82, 2.24) is 15.6 Å². The first-order chi connectivity index (χ1) is 17.9. The van der Waals surface area contributed by atoms with Crippen molar-refractivity contribution in [3.63, 3.8) is 0 Å². The van der Waals surface area contributed by atoms with Crippen LogP contribution in [0.5, 0.6) is 5.75 Å². The number of carbonyl (C=O) groups is 3. The van der Waals surface area contributed by atoms with E-state index in [9.17, 15) is 14.4 Å². The monoisotopic (exact) mass is 505 g/mol. The number of benzene rings is 2. The Morgan fingerprint density at radius 1 is 1.03 bits per heavy atom. The molecule has 3 aromatic rings. The SMILES string of the molecule is CCC(=O)CCCCC[C@H](NC(=O)Cc1c(C)[nH]c2ccc(OC)cc12)C(=O)NCCc1ccccc1. The molecule has 0 saturated carbocycles. The van der Waals surface area contributed by atoms with Crippen LogP contribution in [0.3, 0.4) is 0 Å². The summed E-state index contributed by atoms with van der Waals surface area (Å²) in [7, 11) is 1.62. The molecule has 3 N–H and O–H groups in total. The van der Waals surface area contributed by atoms with Gasteiger partial charge in [0, 0.05) is 36.0 Å². The molecule has 0 spiro atoms. The van der Waals surface area contributed by atoms with Gasteiger partial charge in [0.15, 0.2) is 0 Å². The molecule has 1 atom stereocenters. The number of unbranched alkanes of at least 4 members (excludes halogenated alkanes) is 2. The zero-order valence-electron chi connectivity index (χ0n) is 22.2. The van der Waals surface area contributed by atoms with Gasteiger partial charge >= 0.3 is 0 Å². The Kier molecular flexibility index (Phi) is 10.7. The van der Waals surface area contributed by atoms with Gasteiger partial charge in [-0.2, -0.15) is 0 Å². The summed E-state index contributed by atoms with van der Waals surface area (Å²) in [5.74, 6) is 0.613. The first-order valence-corrected chi connectivity index (χ1v) is 13.2. The molecule has 7 heteroatoms. The van der Waals surface area contributed by atoms with Crippen molar-refractivity contribution in [1.29, 1.82) is 0 Å². The van der Waals surface area contributed by atoms with E-state index in [0.29, 0.717) is 25.8 Å². The highest BCUT2D eigenvalue weighted by molar-refractivity contribution is 5.93. The van der Waals surface area contributed by atoms with E-state index in [1.165, 1.54) is 0 Å². The molecule has 1 heterocycles. The number of ketones is 1. The van der Waals surface area contributed by atoms with Crippen molar-refractivity contribution in [2.75, 3.05) is 13.7 Å². The van der Waals surface area contributed by atoms with Crippen LogP contribution in [-0.4, -0.2) is 42.3 Å². The number of hydrogen-bond acceptors (Lipinski definition) is 4. The zero-order valence-corrected chi connectivity index (χ0v) is 22.2. The number of hydrogen-bond donors (Lipinski definition) is 3. The van der Waals surface area contributed by atoms with Crippen LogP contribution in [0.4, 0.5) is 0 Å². The Morgan fingerprint density at radius 3 is 2.54 bits per heavy atom. The van der Waals surface area contributed by atoms with Crippen molar-refractivity contribution in [3.05, 3.63) is 65.4 Å². The molecule has 3 rings (SSSR count).